The summed E-state index contributed by atoms with van der Waals surface area (Å²) in [6.45, 7) is 9.62. The molecule has 2 aromatic rings. The van der Waals surface area contributed by atoms with Crippen molar-refractivity contribution in [2.24, 2.45) is 0 Å². The summed E-state index contributed by atoms with van der Waals surface area (Å²) in [5.74, 6) is 0.966. The normalized spacial score (nSPS) is 14.8. The molecule has 0 aromatic carbocycles. The van der Waals surface area contributed by atoms with E-state index in [-0.39, 0.29) is 11.4 Å². The molecule has 0 aliphatic heterocycles. The lowest BCUT2D eigenvalue weighted by Crippen LogP contribution is -2.46. The van der Waals surface area contributed by atoms with Crippen molar-refractivity contribution in [2.45, 2.75) is 58.8 Å². The predicted octanol–water partition coefficient (Wildman–Crippen LogP) is 3.67. The lowest BCUT2D eigenvalue weighted by Gasteiger charge is -2.24. The molecule has 1 N–H and O–H groups in total. The summed E-state index contributed by atoms with van der Waals surface area (Å²) in [6.07, 6.45) is 2.31. The van der Waals surface area contributed by atoms with E-state index in [1.807, 2.05) is 38.4 Å². The number of hydrogen-bond donors (Lipinski definition) is 1. The van der Waals surface area contributed by atoms with Gasteiger partial charge in [-0.05, 0) is 63.8 Å². The highest BCUT2D eigenvalue weighted by molar-refractivity contribution is 7.71. The average molecular weight is 394 g/mol. The van der Waals surface area contributed by atoms with Gasteiger partial charge in [0.15, 0.2) is 10.6 Å². The molecular weight excluding hydrogens is 366 g/mol. The van der Waals surface area contributed by atoms with Crippen molar-refractivity contribution in [1.29, 1.82) is 0 Å². The Morgan fingerprint density at radius 3 is 2.73 bits per heavy atom. The Hall–Kier alpha value is -1.51. The van der Waals surface area contributed by atoms with E-state index in [0.717, 1.165) is 34.9 Å². The van der Waals surface area contributed by atoms with Crippen molar-refractivity contribution in [3.05, 3.63) is 22.3 Å². The molecule has 6 nitrogen and oxygen atoms in total. The number of carbonyl (C=O) groups is 1. The van der Waals surface area contributed by atoms with Gasteiger partial charge in [0.1, 0.15) is 0 Å². The standard InChI is InChI=1S/C18H27N5OS2/c1-5-21(11-15(24)19-18(2,3)4)12-22-17(25)23(13-8-9-13)16(20-22)14-7-6-10-26-14/h6-7,10,13H,5,8-9,11-12H2,1-4H3,(H,19,24). The number of nitrogens with one attached hydrogen (secondary N) is 1. The van der Waals surface area contributed by atoms with Crippen LogP contribution >= 0.6 is 23.6 Å². The summed E-state index contributed by atoms with van der Waals surface area (Å²) in [7, 11) is 0. The molecule has 1 aliphatic carbocycles. The van der Waals surface area contributed by atoms with E-state index in [4.69, 9.17) is 17.3 Å². The minimum absolute atomic E-state index is 0.0194. The molecule has 2 aromatic heterocycles. The highest BCUT2D eigenvalue weighted by Crippen LogP contribution is 2.39. The van der Waals surface area contributed by atoms with Gasteiger partial charge in [-0.15, -0.1) is 16.4 Å². The summed E-state index contributed by atoms with van der Waals surface area (Å²) in [5.41, 5.74) is -0.229. The molecule has 0 unspecified atom stereocenters. The van der Waals surface area contributed by atoms with Gasteiger partial charge in [0.25, 0.3) is 0 Å². The molecule has 0 saturated heterocycles. The maximum atomic E-state index is 12.3. The third-order valence-corrected chi connectivity index (χ3v) is 5.46. The van der Waals surface area contributed by atoms with Crippen LogP contribution in [0.4, 0.5) is 0 Å². The summed E-state index contributed by atoms with van der Waals surface area (Å²) in [5, 5.41) is 9.87. The molecule has 0 atom stereocenters. The second kappa shape index (κ2) is 7.62. The molecule has 0 bridgehead atoms. The van der Waals surface area contributed by atoms with Crippen LogP contribution in [0.5, 0.6) is 0 Å². The molecule has 1 fully saturated rings. The van der Waals surface area contributed by atoms with Gasteiger partial charge in [-0.1, -0.05) is 13.0 Å². The zero-order chi connectivity index (χ0) is 18.9. The van der Waals surface area contributed by atoms with Gasteiger partial charge in [0.05, 0.1) is 18.1 Å². The fourth-order valence-electron chi connectivity index (χ4n) is 2.86. The minimum Gasteiger partial charge on any atom is -0.350 e. The average Bonchev–Trinajstić information content (AvgIpc) is 3.12. The summed E-state index contributed by atoms with van der Waals surface area (Å²) >= 11 is 7.39. The van der Waals surface area contributed by atoms with Gasteiger partial charge in [0, 0.05) is 11.6 Å². The fourth-order valence-corrected chi connectivity index (χ4v) is 3.90. The number of amides is 1. The maximum absolute atomic E-state index is 12.3. The van der Waals surface area contributed by atoms with Gasteiger partial charge in [-0.2, -0.15) is 0 Å². The van der Waals surface area contributed by atoms with E-state index in [1.165, 1.54) is 0 Å². The van der Waals surface area contributed by atoms with Crippen molar-refractivity contribution < 1.29 is 4.79 Å². The summed E-state index contributed by atoms with van der Waals surface area (Å²) < 4.78 is 4.78. The lowest BCUT2D eigenvalue weighted by atomic mass is 10.1. The fraction of sp³-hybridized carbons (Fsp3) is 0.611. The van der Waals surface area contributed by atoms with Crippen molar-refractivity contribution in [1.82, 2.24) is 24.6 Å². The lowest BCUT2D eigenvalue weighted by molar-refractivity contribution is -0.124. The van der Waals surface area contributed by atoms with Crippen LogP contribution in [0.25, 0.3) is 10.7 Å². The van der Waals surface area contributed by atoms with Crippen molar-refractivity contribution >= 4 is 29.5 Å². The van der Waals surface area contributed by atoms with E-state index in [0.29, 0.717) is 19.3 Å². The van der Waals surface area contributed by atoms with Crippen molar-refractivity contribution in [3.63, 3.8) is 0 Å². The summed E-state index contributed by atoms with van der Waals surface area (Å²) in [6, 6.07) is 4.58. The first kappa shape index (κ1) is 19.3. The number of likely N-dealkylation sites (N-methyl/N-ethyl adjacent to an activating group) is 1. The molecule has 8 heteroatoms. The van der Waals surface area contributed by atoms with E-state index >= 15 is 0 Å². The second-order valence-electron chi connectivity index (χ2n) is 7.77. The van der Waals surface area contributed by atoms with Crippen LogP contribution in [0.3, 0.4) is 0 Å². The predicted molar refractivity (Wildman–Crippen MR) is 108 cm³/mol. The highest BCUT2D eigenvalue weighted by Gasteiger charge is 2.29. The molecule has 142 valence electrons. The molecule has 1 saturated carbocycles. The van der Waals surface area contributed by atoms with Crippen LogP contribution in [0.1, 0.15) is 46.6 Å². The van der Waals surface area contributed by atoms with E-state index < -0.39 is 0 Å². The van der Waals surface area contributed by atoms with Gasteiger partial charge in [-0.3, -0.25) is 14.3 Å². The summed E-state index contributed by atoms with van der Waals surface area (Å²) in [4.78, 5) is 15.5. The van der Waals surface area contributed by atoms with E-state index in [2.05, 4.69) is 26.2 Å². The molecule has 1 aliphatic rings. The van der Waals surface area contributed by atoms with Crippen LogP contribution in [-0.4, -0.2) is 43.8 Å². The number of thiophene rings is 1. The molecular formula is C18H27N5OS2. The Morgan fingerprint density at radius 2 is 2.19 bits per heavy atom. The SMILES string of the molecule is CCN(CC(=O)NC(C)(C)C)Cn1nc(-c2cccs2)n(C2CC2)c1=S. The number of carbonyl (C=O) groups excluding carboxylic acids is 1. The highest BCUT2D eigenvalue weighted by atomic mass is 32.1. The van der Waals surface area contributed by atoms with Crippen molar-refractivity contribution in [3.8, 4) is 10.7 Å². The monoisotopic (exact) mass is 393 g/mol. The second-order valence-corrected chi connectivity index (χ2v) is 9.08. The molecule has 3 rings (SSSR count). The third kappa shape index (κ3) is 4.61. The largest absolute Gasteiger partial charge is 0.350 e. The van der Waals surface area contributed by atoms with Gasteiger partial charge >= 0.3 is 0 Å². The number of hydrogen-bond acceptors (Lipinski definition) is 5. The smallest absolute Gasteiger partial charge is 0.234 e. The quantitative estimate of drug-likeness (QED) is 0.729. The van der Waals surface area contributed by atoms with Gasteiger partial charge in [-0.25, -0.2) is 4.68 Å². The third-order valence-electron chi connectivity index (χ3n) is 4.19. The van der Waals surface area contributed by atoms with Crippen molar-refractivity contribution in [2.75, 3.05) is 13.1 Å². The maximum Gasteiger partial charge on any atom is 0.234 e. The first-order valence-electron chi connectivity index (χ1n) is 9.05. The molecule has 2 heterocycles. The molecule has 0 radical (unpaired) electrons. The Labute approximate surface area is 163 Å². The first-order valence-corrected chi connectivity index (χ1v) is 10.3. The number of rotatable bonds is 7. The first-order chi connectivity index (χ1) is 12.3. The molecule has 0 spiro atoms. The minimum atomic E-state index is -0.229. The van der Waals surface area contributed by atoms with E-state index in [9.17, 15) is 4.79 Å². The van der Waals surface area contributed by atoms with Crippen LogP contribution in [-0.2, 0) is 11.5 Å². The Morgan fingerprint density at radius 1 is 1.46 bits per heavy atom. The number of aromatic nitrogens is 3. The van der Waals surface area contributed by atoms with Crippen LogP contribution < -0.4 is 5.32 Å². The molecule has 1 amide bonds. The van der Waals surface area contributed by atoms with Gasteiger partial charge in [0.2, 0.25) is 5.91 Å². The molecule has 26 heavy (non-hydrogen) atoms. The number of nitrogens with zero attached hydrogens (tertiary/aromatic N) is 4. The van der Waals surface area contributed by atoms with Crippen LogP contribution in [0.15, 0.2) is 17.5 Å². The Bertz CT molecular complexity index is 812. The van der Waals surface area contributed by atoms with Crippen LogP contribution in [0, 0.1) is 4.77 Å². The van der Waals surface area contributed by atoms with Gasteiger partial charge < -0.3 is 5.32 Å². The Balaban J connectivity index is 1.79. The van der Waals surface area contributed by atoms with Crippen LogP contribution in [0.2, 0.25) is 0 Å². The Kier molecular flexibility index (Phi) is 5.64. The zero-order valence-corrected chi connectivity index (χ0v) is 17.5. The van der Waals surface area contributed by atoms with E-state index in [1.54, 1.807) is 11.3 Å². The zero-order valence-electron chi connectivity index (χ0n) is 15.9. The topological polar surface area (TPSA) is 55.1 Å².